The second-order valence-corrected chi connectivity index (χ2v) is 7.28. The van der Waals surface area contributed by atoms with Gasteiger partial charge in [0.25, 0.3) is 0 Å². The maximum atomic E-state index is 11.9. The number of hydrogen-bond acceptors (Lipinski definition) is 3. The first-order valence-corrected chi connectivity index (χ1v) is 7.74. The molecule has 112 valence electrons. The summed E-state index contributed by atoms with van der Waals surface area (Å²) in [7, 11) is 0. The minimum absolute atomic E-state index is 0.245. The molecule has 0 bridgehead atoms. The summed E-state index contributed by atoms with van der Waals surface area (Å²) in [5.74, 6) is 0.288. The lowest BCUT2D eigenvalue weighted by Crippen LogP contribution is -2.50. The van der Waals surface area contributed by atoms with Crippen LogP contribution in [0.4, 0.5) is 4.79 Å². The van der Waals surface area contributed by atoms with E-state index in [0.717, 1.165) is 15.7 Å². The lowest BCUT2D eigenvalue weighted by molar-refractivity contribution is 0.00786. The zero-order valence-electron chi connectivity index (χ0n) is 12.3. The summed E-state index contributed by atoms with van der Waals surface area (Å²) in [5.41, 5.74) is 1.63. The molecule has 5 nitrogen and oxygen atoms in total. The number of halogens is 1. The molecule has 1 aliphatic heterocycles. The van der Waals surface area contributed by atoms with Crippen LogP contribution in [0.3, 0.4) is 0 Å². The van der Waals surface area contributed by atoms with Gasteiger partial charge in [-0.2, -0.15) is 5.10 Å². The van der Waals surface area contributed by atoms with Crippen molar-refractivity contribution in [2.24, 2.45) is 0 Å². The van der Waals surface area contributed by atoms with E-state index in [1.165, 1.54) is 0 Å². The van der Waals surface area contributed by atoms with Crippen LogP contribution in [0.5, 0.6) is 0 Å². The van der Waals surface area contributed by atoms with Gasteiger partial charge in [0.1, 0.15) is 5.60 Å². The first-order chi connectivity index (χ1) is 9.82. The fourth-order valence-corrected chi connectivity index (χ4v) is 2.65. The van der Waals surface area contributed by atoms with Crippen molar-refractivity contribution in [1.82, 2.24) is 14.5 Å². The minimum Gasteiger partial charge on any atom is -0.444 e. The Labute approximate surface area is 132 Å². The SMILES string of the molecule is CC(C)(C)OC(=O)N1CC(c2cc3ccc(Br)cn3n2)C1. The van der Waals surface area contributed by atoms with Gasteiger partial charge in [-0.05, 0) is 54.9 Å². The molecule has 1 aliphatic rings. The highest BCUT2D eigenvalue weighted by atomic mass is 79.9. The number of fused-ring (bicyclic) bond motifs is 1. The van der Waals surface area contributed by atoms with Gasteiger partial charge in [-0.1, -0.05) is 0 Å². The zero-order valence-corrected chi connectivity index (χ0v) is 13.9. The Hall–Kier alpha value is -1.56. The van der Waals surface area contributed by atoms with E-state index in [1.807, 2.05) is 43.6 Å². The number of amides is 1. The molecule has 0 radical (unpaired) electrons. The molecule has 2 aromatic heterocycles. The van der Waals surface area contributed by atoms with Crippen molar-refractivity contribution in [2.75, 3.05) is 13.1 Å². The van der Waals surface area contributed by atoms with E-state index in [1.54, 1.807) is 4.90 Å². The van der Waals surface area contributed by atoms with Crippen LogP contribution in [0.15, 0.2) is 28.9 Å². The Morgan fingerprint density at radius 1 is 1.38 bits per heavy atom. The van der Waals surface area contributed by atoms with E-state index < -0.39 is 5.60 Å². The van der Waals surface area contributed by atoms with E-state index in [4.69, 9.17) is 4.74 Å². The molecule has 0 aromatic carbocycles. The summed E-state index contributed by atoms with van der Waals surface area (Å²) in [4.78, 5) is 13.6. The van der Waals surface area contributed by atoms with Gasteiger partial charge in [0.2, 0.25) is 0 Å². The largest absolute Gasteiger partial charge is 0.444 e. The number of rotatable bonds is 1. The number of likely N-dealkylation sites (tertiary alicyclic amines) is 1. The van der Waals surface area contributed by atoms with Crippen molar-refractivity contribution in [3.05, 3.63) is 34.6 Å². The fourth-order valence-electron chi connectivity index (χ4n) is 2.32. The quantitative estimate of drug-likeness (QED) is 0.790. The number of nitrogens with zero attached hydrogens (tertiary/aromatic N) is 3. The summed E-state index contributed by atoms with van der Waals surface area (Å²) in [6.45, 7) is 6.96. The molecular weight excluding hydrogens is 334 g/mol. The molecule has 6 heteroatoms. The summed E-state index contributed by atoms with van der Waals surface area (Å²) < 4.78 is 8.21. The fraction of sp³-hybridized carbons (Fsp3) is 0.467. The summed E-state index contributed by atoms with van der Waals surface area (Å²) in [6.07, 6.45) is 1.69. The van der Waals surface area contributed by atoms with Crippen molar-refractivity contribution in [3.63, 3.8) is 0 Å². The molecule has 0 saturated carbocycles. The van der Waals surface area contributed by atoms with Crippen LogP contribution in [-0.4, -0.2) is 39.3 Å². The maximum absolute atomic E-state index is 11.9. The number of carbonyl (C=O) groups excluding carboxylic acids is 1. The van der Waals surface area contributed by atoms with E-state index in [9.17, 15) is 4.79 Å². The number of carbonyl (C=O) groups is 1. The molecule has 3 rings (SSSR count). The second-order valence-electron chi connectivity index (χ2n) is 6.37. The lowest BCUT2D eigenvalue weighted by Gasteiger charge is -2.38. The van der Waals surface area contributed by atoms with E-state index in [2.05, 4.69) is 27.1 Å². The predicted octanol–water partition coefficient (Wildman–Crippen LogP) is 3.43. The van der Waals surface area contributed by atoms with Crippen LogP contribution in [0.25, 0.3) is 5.52 Å². The van der Waals surface area contributed by atoms with Gasteiger partial charge in [0, 0.05) is 29.7 Å². The molecule has 1 saturated heterocycles. The molecule has 0 aliphatic carbocycles. The van der Waals surface area contributed by atoms with Gasteiger partial charge in [-0.3, -0.25) is 0 Å². The Morgan fingerprint density at radius 2 is 2.10 bits per heavy atom. The monoisotopic (exact) mass is 351 g/mol. The summed E-state index contributed by atoms with van der Waals surface area (Å²) >= 11 is 3.44. The van der Waals surface area contributed by atoms with E-state index >= 15 is 0 Å². The summed E-state index contributed by atoms with van der Waals surface area (Å²) in [5, 5.41) is 4.57. The van der Waals surface area contributed by atoms with Gasteiger partial charge in [0.05, 0.1) is 11.2 Å². The van der Waals surface area contributed by atoms with Gasteiger partial charge < -0.3 is 9.64 Å². The molecule has 0 N–H and O–H groups in total. The zero-order chi connectivity index (χ0) is 15.2. The Morgan fingerprint density at radius 3 is 2.76 bits per heavy atom. The molecular formula is C15H18BrN3O2. The minimum atomic E-state index is -0.447. The van der Waals surface area contributed by atoms with Gasteiger partial charge in [-0.15, -0.1) is 0 Å². The number of ether oxygens (including phenoxy) is 1. The molecule has 0 unspecified atom stereocenters. The van der Waals surface area contributed by atoms with Crippen molar-refractivity contribution in [2.45, 2.75) is 32.3 Å². The molecule has 21 heavy (non-hydrogen) atoms. The van der Waals surface area contributed by atoms with Gasteiger partial charge in [-0.25, -0.2) is 9.31 Å². The molecule has 1 fully saturated rings. The molecule has 3 heterocycles. The smallest absolute Gasteiger partial charge is 0.410 e. The van der Waals surface area contributed by atoms with E-state index in [-0.39, 0.29) is 12.0 Å². The van der Waals surface area contributed by atoms with Crippen LogP contribution in [0.1, 0.15) is 32.4 Å². The lowest BCUT2D eigenvalue weighted by atomic mass is 9.97. The standard InChI is InChI=1S/C15H18BrN3O2/c1-15(2,3)21-14(20)18-7-10(8-18)13-6-12-5-4-11(16)9-19(12)17-13/h4-6,9-10H,7-8H2,1-3H3. The Kier molecular flexibility index (Phi) is 3.43. The average Bonchev–Trinajstić information content (AvgIpc) is 2.66. The molecule has 0 atom stereocenters. The van der Waals surface area contributed by atoms with Crippen LogP contribution in [0, 0.1) is 0 Å². The van der Waals surface area contributed by atoms with Gasteiger partial charge >= 0.3 is 6.09 Å². The van der Waals surface area contributed by atoms with Crippen molar-refractivity contribution >= 4 is 27.5 Å². The number of aromatic nitrogens is 2. The first kappa shape index (κ1) is 14.4. The predicted molar refractivity (Wildman–Crippen MR) is 83.4 cm³/mol. The van der Waals surface area contributed by atoms with Crippen molar-refractivity contribution in [3.8, 4) is 0 Å². The van der Waals surface area contributed by atoms with Crippen LogP contribution >= 0.6 is 15.9 Å². The third-order valence-electron chi connectivity index (χ3n) is 3.39. The highest BCUT2D eigenvalue weighted by Gasteiger charge is 2.35. The Balaban J connectivity index is 1.66. The van der Waals surface area contributed by atoms with Crippen LogP contribution in [0.2, 0.25) is 0 Å². The van der Waals surface area contributed by atoms with Crippen LogP contribution in [-0.2, 0) is 4.74 Å². The Bertz CT molecular complexity index is 684. The van der Waals surface area contributed by atoms with Crippen molar-refractivity contribution < 1.29 is 9.53 Å². The van der Waals surface area contributed by atoms with E-state index in [0.29, 0.717) is 13.1 Å². The molecule has 1 amide bonds. The highest BCUT2D eigenvalue weighted by Crippen LogP contribution is 2.28. The topological polar surface area (TPSA) is 46.8 Å². The molecule has 0 spiro atoms. The maximum Gasteiger partial charge on any atom is 0.410 e. The normalized spacial score (nSPS) is 16.1. The molecule has 2 aromatic rings. The average molecular weight is 352 g/mol. The van der Waals surface area contributed by atoms with Crippen molar-refractivity contribution in [1.29, 1.82) is 0 Å². The van der Waals surface area contributed by atoms with Gasteiger partial charge in [0.15, 0.2) is 0 Å². The third kappa shape index (κ3) is 3.05. The number of pyridine rings is 1. The number of hydrogen-bond donors (Lipinski definition) is 0. The summed E-state index contributed by atoms with van der Waals surface area (Å²) in [6, 6.07) is 6.09. The second kappa shape index (κ2) is 5.02. The first-order valence-electron chi connectivity index (χ1n) is 6.94. The van der Waals surface area contributed by atoms with Crippen LogP contribution < -0.4 is 0 Å². The third-order valence-corrected chi connectivity index (χ3v) is 3.86. The highest BCUT2D eigenvalue weighted by molar-refractivity contribution is 9.10.